The van der Waals surface area contributed by atoms with Gasteiger partial charge in [0.1, 0.15) is 11.7 Å². The van der Waals surface area contributed by atoms with E-state index >= 15 is 17.6 Å². The van der Waals surface area contributed by atoms with Crippen LogP contribution in [0.5, 0.6) is 0 Å². The Labute approximate surface area is 197 Å². The quantitative estimate of drug-likeness (QED) is 0.166. The molecule has 0 unspecified atom stereocenters. The van der Waals surface area contributed by atoms with Crippen molar-refractivity contribution in [1.82, 2.24) is 0 Å². The highest BCUT2D eigenvalue weighted by atomic mass is 19.2. The van der Waals surface area contributed by atoms with Crippen LogP contribution in [0, 0.1) is 69.8 Å². The molecule has 0 atom stereocenters. The first-order chi connectivity index (χ1) is 17.7. The normalized spacial score (nSPS) is 14.4. The Balaban J connectivity index is 2.03. The molecule has 2 aliphatic rings. The summed E-state index contributed by atoms with van der Waals surface area (Å²) in [6.07, 6.45) is 0. The fourth-order valence-corrected chi connectivity index (χ4v) is 4.90. The van der Waals surface area contributed by atoms with Crippen molar-refractivity contribution in [2.24, 2.45) is 0 Å². The van der Waals surface area contributed by atoms with Crippen LogP contribution in [-0.2, 0) is 0 Å². The molecule has 0 fully saturated rings. The Morgan fingerprint density at radius 1 is 0.211 bits per heavy atom. The summed E-state index contributed by atoms with van der Waals surface area (Å²) in [5.41, 5.74) is -3.16. The number of hydrogen-bond acceptors (Lipinski definition) is 0. The zero-order valence-corrected chi connectivity index (χ0v) is 17.3. The van der Waals surface area contributed by atoms with Crippen molar-refractivity contribution in [3.05, 3.63) is 90.7 Å². The number of halogens is 14. The van der Waals surface area contributed by atoms with Gasteiger partial charge in [0.05, 0.1) is 10.8 Å². The molecule has 2 aliphatic carbocycles. The molecule has 0 radical (unpaired) electrons. The zero-order valence-electron chi connectivity index (χ0n) is 17.3. The molecule has 38 heavy (non-hydrogen) atoms. The van der Waals surface area contributed by atoms with E-state index < -0.39 is 135 Å². The van der Waals surface area contributed by atoms with E-state index in [9.17, 15) is 43.9 Å². The molecular formula is C24F14. The van der Waals surface area contributed by atoms with Gasteiger partial charge in [-0.05, 0) is 0 Å². The van der Waals surface area contributed by atoms with Crippen LogP contribution < -0.4 is 20.9 Å². The SMILES string of the molecule is FC1=c2c(c(F)c(F)c3c(F)c(F)c(F)c(F)c23)=C2C1=c1c(F)c(F)c3c(F)c(F)c(F)c(F)c3c1=C2F. The van der Waals surface area contributed by atoms with Crippen molar-refractivity contribution in [2.75, 3.05) is 0 Å². The van der Waals surface area contributed by atoms with Crippen LogP contribution in [0.1, 0.15) is 0 Å². The molecule has 6 rings (SSSR count). The minimum absolute atomic E-state index is 1.58. The predicted molar refractivity (Wildman–Crippen MR) is 102 cm³/mol. The van der Waals surface area contributed by atoms with E-state index in [1.165, 1.54) is 0 Å². The van der Waals surface area contributed by atoms with Gasteiger partial charge in [-0.1, -0.05) is 0 Å². The third-order valence-corrected chi connectivity index (χ3v) is 6.43. The van der Waals surface area contributed by atoms with Crippen molar-refractivity contribution >= 4 is 44.3 Å². The molecule has 0 saturated carbocycles. The molecule has 0 bridgehead atoms. The molecule has 0 aromatic heterocycles. The second-order valence-corrected chi connectivity index (χ2v) is 8.15. The lowest BCUT2D eigenvalue weighted by molar-refractivity contribution is 0.414. The Kier molecular flexibility index (Phi) is 4.63. The summed E-state index contributed by atoms with van der Waals surface area (Å²) in [6, 6.07) is 0. The van der Waals surface area contributed by atoms with Gasteiger partial charge in [0, 0.05) is 42.8 Å². The van der Waals surface area contributed by atoms with E-state index in [1.54, 1.807) is 0 Å². The Hall–Kier alpha value is -4.10. The Morgan fingerprint density at radius 3 is 0.737 bits per heavy atom. The molecule has 0 saturated heterocycles. The lowest BCUT2D eigenvalue weighted by atomic mass is 10.0. The van der Waals surface area contributed by atoms with Gasteiger partial charge in [-0.2, -0.15) is 0 Å². The minimum Gasteiger partial charge on any atom is -0.206 e. The van der Waals surface area contributed by atoms with Crippen molar-refractivity contribution in [3.63, 3.8) is 0 Å². The summed E-state index contributed by atoms with van der Waals surface area (Å²) in [5.74, 6) is -34.6. The predicted octanol–water partition coefficient (Wildman–Crippen LogP) is 4.85. The monoisotopic (exact) mass is 554 g/mol. The third-order valence-electron chi connectivity index (χ3n) is 6.43. The molecule has 14 heteroatoms. The average molecular weight is 554 g/mol. The van der Waals surface area contributed by atoms with Gasteiger partial charge in [-0.3, -0.25) is 0 Å². The van der Waals surface area contributed by atoms with Gasteiger partial charge in [-0.25, -0.2) is 61.5 Å². The van der Waals surface area contributed by atoms with Gasteiger partial charge in [0.15, 0.2) is 69.8 Å². The summed E-state index contributed by atoms with van der Waals surface area (Å²) in [7, 11) is 0. The summed E-state index contributed by atoms with van der Waals surface area (Å²) in [4.78, 5) is 0. The van der Waals surface area contributed by atoms with Crippen LogP contribution in [0.15, 0.2) is 0 Å². The van der Waals surface area contributed by atoms with Gasteiger partial charge >= 0.3 is 0 Å². The fourth-order valence-electron chi connectivity index (χ4n) is 4.90. The number of hydrogen-bond donors (Lipinski definition) is 0. The molecule has 194 valence electrons. The summed E-state index contributed by atoms with van der Waals surface area (Å²) in [5, 5.41) is -14.1. The highest BCUT2D eigenvalue weighted by Gasteiger charge is 2.39. The summed E-state index contributed by atoms with van der Waals surface area (Å²) < 4.78 is 204. The lowest BCUT2D eigenvalue weighted by Gasteiger charge is -2.09. The van der Waals surface area contributed by atoms with Crippen molar-refractivity contribution in [3.8, 4) is 0 Å². The second kappa shape index (κ2) is 7.26. The smallest absolute Gasteiger partial charge is 0.198 e. The molecule has 0 amide bonds. The van der Waals surface area contributed by atoms with Gasteiger partial charge in [0.25, 0.3) is 0 Å². The molecule has 4 aromatic rings. The molecule has 4 aromatic carbocycles. The maximum absolute atomic E-state index is 15.6. The maximum Gasteiger partial charge on any atom is 0.198 e. The minimum atomic E-state index is -2.62. The lowest BCUT2D eigenvalue weighted by Crippen LogP contribution is -2.34. The average Bonchev–Trinajstić information content (AvgIpc) is 3.35. The topological polar surface area (TPSA) is 0 Å². The van der Waals surface area contributed by atoms with Crippen molar-refractivity contribution in [1.29, 1.82) is 0 Å². The first kappa shape index (κ1) is 24.2. The van der Waals surface area contributed by atoms with E-state index in [0.717, 1.165) is 0 Å². The third kappa shape index (κ3) is 2.43. The first-order valence-electron chi connectivity index (χ1n) is 9.90. The van der Waals surface area contributed by atoms with E-state index in [-0.39, 0.29) is 0 Å². The number of benzene rings is 4. The van der Waals surface area contributed by atoms with Crippen LogP contribution in [0.4, 0.5) is 61.5 Å². The Bertz CT molecular complexity index is 2000. The van der Waals surface area contributed by atoms with Crippen LogP contribution in [0.3, 0.4) is 0 Å². The highest BCUT2D eigenvalue weighted by Crippen LogP contribution is 2.39. The van der Waals surface area contributed by atoms with E-state index in [0.29, 0.717) is 0 Å². The zero-order chi connectivity index (χ0) is 27.9. The van der Waals surface area contributed by atoms with Crippen molar-refractivity contribution in [2.45, 2.75) is 0 Å². The molecule has 0 heterocycles. The van der Waals surface area contributed by atoms with Crippen molar-refractivity contribution < 1.29 is 61.5 Å². The summed E-state index contributed by atoms with van der Waals surface area (Å²) in [6.45, 7) is 0. The van der Waals surface area contributed by atoms with Crippen LogP contribution in [0.2, 0.25) is 0 Å². The van der Waals surface area contributed by atoms with Gasteiger partial charge < -0.3 is 0 Å². The van der Waals surface area contributed by atoms with E-state index in [4.69, 9.17) is 0 Å². The molecule has 0 nitrogen and oxygen atoms in total. The van der Waals surface area contributed by atoms with E-state index in [2.05, 4.69) is 0 Å². The standard InChI is InChI=1S/C24F14/c25-11-1-2(6-4(11)8-10(18(32)14(6)28)20(34)24(38)22(36)16(8)30)12(26)3-5(1)13(27)17(31)9-7(3)15(29)21(35)23(37)19(9)33. The molecule has 0 N–H and O–H groups in total. The maximum atomic E-state index is 15.6. The fraction of sp³-hybridized carbons (Fsp3) is 0. The van der Waals surface area contributed by atoms with E-state index in [1.807, 2.05) is 0 Å². The second-order valence-electron chi connectivity index (χ2n) is 8.15. The van der Waals surface area contributed by atoms with Crippen LogP contribution in [0.25, 0.3) is 44.3 Å². The van der Waals surface area contributed by atoms with Crippen LogP contribution >= 0.6 is 0 Å². The largest absolute Gasteiger partial charge is 0.206 e. The number of rotatable bonds is 0. The summed E-state index contributed by atoms with van der Waals surface area (Å²) >= 11 is 0. The Morgan fingerprint density at radius 2 is 0.447 bits per heavy atom. The highest BCUT2D eigenvalue weighted by molar-refractivity contribution is 6.25. The van der Waals surface area contributed by atoms with Crippen LogP contribution in [-0.4, -0.2) is 0 Å². The van der Waals surface area contributed by atoms with Gasteiger partial charge in [0.2, 0.25) is 0 Å². The number of fused-ring (bicyclic) bond motifs is 7. The molecule has 0 aliphatic heterocycles. The molecule has 0 spiro atoms. The molecular weight excluding hydrogens is 554 g/mol. The van der Waals surface area contributed by atoms with Gasteiger partial charge in [-0.15, -0.1) is 0 Å². The first-order valence-corrected chi connectivity index (χ1v) is 9.90.